The van der Waals surface area contributed by atoms with Gasteiger partial charge in [0, 0.05) is 37.7 Å². The number of nitrogens with two attached hydrogens (primary N) is 1. The highest BCUT2D eigenvalue weighted by atomic mass is 16.4. The van der Waals surface area contributed by atoms with Crippen LogP contribution in [0.3, 0.4) is 0 Å². The Morgan fingerprint density at radius 1 is 1.38 bits per heavy atom. The Kier molecular flexibility index (Phi) is 5.25. The van der Waals surface area contributed by atoms with Gasteiger partial charge in [-0.3, -0.25) is 4.79 Å². The lowest BCUT2D eigenvalue weighted by Crippen LogP contribution is -2.41. The number of nitrogens with one attached hydrogen (secondary N) is 1. The van der Waals surface area contributed by atoms with Gasteiger partial charge in [-0.25, -0.2) is 9.79 Å². The molecule has 0 aromatic heterocycles. The molecule has 1 heterocycles. The predicted octanol–water partition coefficient (Wildman–Crippen LogP) is 1.88. The summed E-state index contributed by atoms with van der Waals surface area (Å²) in [5, 5.41) is 12.6. The number of aliphatic imine (C=N–C) groups is 1. The van der Waals surface area contributed by atoms with Crippen LogP contribution in [0.5, 0.6) is 0 Å². The Hall–Kier alpha value is -2.83. The summed E-state index contributed by atoms with van der Waals surface area (Å²) in [6, 6.07) is 6.35. The molecule has 4 N–H and O–H groups in total. The number of amides is 1. The zero-order chi connectivity index (χ0) is 18.7. The van der Waals surface area contributed by atoms with E-state index in [9.17, 15) is 9.59 Å². The second-order valence-electron chi connectivity index (χ2n) is 6.82. The zero-order valence-corrected chi connectivity index (χ0v) is 14.9. The molecule has 1 aromatic rings. The molecule has 26 heavy (non-hydrogen) atoms. The van der Waals surface area contributed by atoms with Crippen molar-refractivity contribution in [1.82, 2.24) is 10.2 Å². The van der Waals surface area contributed by atoms with E-state index in [0.29, 0.717) is 31.0 Å². The van der Waals surface area contributed by atoms with Crippen molar-refractivity contribution >= 4 is 23.4 Å². The van der Waals surface area contributed by atoms with Gasteiger partial charge in [0.1, 0.15) is 5.84 Å². The van der Waals surface area contributed by atoms with E-state index in [-0.39, 0.29) is 11.5 Å². The van der Waals surface area contributed by atoms with Gasteiger partial charge in [0.05, 0.1) is 17.8 Å². The van der Waals surface area contributed by atoms with Crippen molar-refractivity contribution in [3.63, 3.8) is 0 Å². The summed E-state index contributed by atoms with van der Waals surface area (Å²) in [6.07, 6.45) is 3.22. The molecule has 7 nitrogen and oxygen atoms in total. The lowest BCUT2D eigenvalue weighted by atomic mass is 10.0. The standard InChI is InChI=1S/C19H24N4O3/c1-12(24)23-8-7-17(21-10-13-5-6-13)16(11-23)18(20)22-15-4-2-3-14(9-15)19(25)26/h2-4,9,13,21H,5-8,10-11H2,1H3,(H2,20,22)(H,25,26). The average Bonchev–Trinajstić information content (AvgIpc) is 3.44. The summed E-state index contributed by atoms with van der Waals surface area (Å²) in [5.41, 5.74) is 8.74. The second-order valence-corrected chi connectivity index (χ2v) is 6.82. The first-order valence-electron chi connectivity index (χ1n) is 8.83. The summed E-state index contributed by atoms with van der Waals surface area (Å²) in [7, 11) is 0. The largest absolute Gasteiger partial charge is 0.478 e. The third-order valence-electron chi connectivity index (χ3n) is 4.74. The second kappa shape index (κ2) is 7.59. The SMILES string of the molecule is CC(=O)N1CCC(NCC2CC2)=C(C(N)=Nc2cccc(C(=O)O)c2)C1. The van der Waals surface area contributed by atoms with E-state index in [0.717, 1.165) is 23.7 Å². The molecule has 0 saturated heterocycles. The number of hydrogen-bond acceptors (Lipinski definition) is 4. The summed E-state index contributed by atoms with van der Waals surface area (Å²) >= 11 is 0. The van der Waals surface area contributed by atoms with E-state index in [1.165, 1.54) is 25.0 Å². The van der Waals surface area contributed by atoms with Crippen molar-refractivity contribution < 1.29 is 14.7 Å². The highest BCUT2D eigenvalue weighted by Crippen LogP contribution is 2.29. The Morgan fingerprint density at radius 2 is 2.15 bits per heavy atom. The zero-order valence-electron chi connectivity index (χ0n) is 14.9. The van der Waals surface area contributed by atoms with Crippen LogP contribution < -0.4 is 11.1 Å². The maximum Gasteiger partial charge on any atom is 0.335 e. The number of carboxylic acid groups (broad SMARTS) is 1. The minimum atomic E-state index is -1.01. The monoisotopic (exact) mass is 356 g/mol. The maximum absolute atomic E-state index is 11.8. The van der Waals surface area contributed by atoms with Crippen LogP contribution in [0.2, 0.25) is 0 Å². The lowest BCUT2D eigenvalue weighted by Gasteiger charge is -2.30. The van der Waals surface area contributed by atoms with E-state index in [4.69, 9.17) is 10.8 Å². The van der Waals surface area contributed by atoms with Crippen LogP contribution in [0.4, 0.5) is 5.69 Å². The fraction of sp³-hybridized carbons (Fsp3) is 0.421. The number of aromatic carboxylic acids is 1. The average molecular weight is 356 g/mol. The van der Waals surface area contributed by atoms with Gasteiger partial charge in [0.2, 0.25) is 5.91 Å². The Labute approximate surface area is 152 Å². The van der Waals surface area contributed by atoms with E-state index in [1.54, 1.807) is 24.0 Å². The number of nitrogens with zero attached hydrogens (tertiary/aromatic N) is 2. The first-order valence-corrected chi connectivity index (χ1v) is 8.83. The van der Waals surface area contributed by atoms with Gasteiger partial charge >= 0.3 is 5.97 Å². The fourth-order valence-electron chi connectivity index (χ4n) is 2.97. The first-order chi connectivity index (χ1) is 12.4. The van der Waals surface area contributed by atoms with Crippen LogP contribution in [0.15, 0.2) is 40.5 Å². The van der Waals surface area contributed by atoms with E-state index in [1.807, 2.05) is 0 Å². The lowest BCUT2D eigenvalue weighted by molar-refractivity contribution is -0.128. The smallest absolute Gasteiger partial charge is 0.335 e. The molecular formula is C19H24N4O3. The number of carbonyl (C=O) groups excluding carboxylic acids is 1. The van der Waals surface area contributed by atoms with Gasteiger partial charge in [-0.2, -0.15) is 0 Å². The predicted molar refractivity (Wildman–Crippen MR) is 99.3 cm³/mol. The summed E-state index contributed by atoms with van der Waals surface area (Å²) < 4.78 is 0. The molecule has 0 bridgehead atoms. The quantitative estimate of drug-likeness (QED) is 0.533. The van der Waals surface area contributed by atoms with Crippen LogP contribution in [-0.4, -0.2) is 47.4 Å². The minimum absolute atomic E-state index is 0.00409. The highest BCUT2D eigenvalue weighted by Gasteiger charge is 2.26. The third-order valence-corrected chi connectivity index (χ3v) is 4.74. The van der Waals surface area contributed by atoms with Gasteiger partial charge < -0.3 is 21.1 Å². The number of rotatable bonds is 6. The number of carboxylic acids is 1. The molecule has 0 unspecified atom stereocenters. The molecule has 1 aliphatic heterocycles. The molecule has 1 fully saturated rings. The molecule has 2 aliphatic rings. The molecule has 1 amide bonds. The van der Waals surface area contributed by atoms with Crippen molar-refractivity contribution in [2.24, 2.45) is 16.6 Å². The van der Waals surface area contributed by atoms with E-state index >= 15 is 0 Å². The summed E-state index contributed by atoms with van der Waals surface area (Å²) in [6.45, 7) is 3.54. The minimum Gasteiger partial charge on any atom is -0.478 e. The van der Waals surface area contributed by atoms with Crippen molar-refractivity contribution in [3.05, 3.63) is 41.1 Å². The number of hydrogen-bond donors (Lipinski definition) is 3. The Bertz CT molecular complexity index is 781. The summed E-state index contributed by atoms with van der Waals surface area (Å²) in [5.74, 6) is 0.0354. The van der Waals surface area contributed by atoms with Crippen molar-refractivity contribution in [3.8, 4) is 0 Å². The molecule has 0 spiro atoms. The number of amidine groups is 1. The molecule has 1 saturated carbocycles. The molecule has 1 aromatic carbocycles. The summed E-state index contributed by atoms with van der Waals surface area (Å²) in [4.78, 5) is 29.0. The Balaban J connectivity index is 1.87. The van der Waals surface area contributed by atoms with Gasteiger partial charge in [-0.1, -0.05) is 6.07 Å². The van der Waals surface area contributed by atoms with Gasteiger partial charge in [-0.15, -0.1) is 0 Å². The van der Waals surface area contributed by atoms with Crippen LogP contribution >= 0.6 is 0 Å². The molecule has 0 radical (unpaired) electrons. The van der Waals surface area contributed by atoms with Crippen molar-refractivity contribution in [2.45, 2.75) is 26.2 Å². The molecule has 7 heteroatoms. The Morgan fingerprint density at radius 3 is 2.81 bits per heavy atom. The van der Waals surface area contributed by atoms with Crippen LogP contribution in [0.25, 0.3) is 0 Å². The van der Waals surface area contributed by atoms with Crippen LogP contribution in [0, 0.1) is 5.92 Å². The fourth-order valence-corrected chi connectivity index (χ4v) is 2.97. The van der Waals surface area contributed by atoms with Gasteiger partial charge in [-0.05, 0) is 37.0 Å². The molecule has 3 rings (SSSR count). The molecule has 0 atom stereocenters. The first kappa shape index (κ1) is 18.0. The molecule has 138 valence electrons. The maximum atomic E-state index is 11.8. The van der Waals surface area contributed by atoms with Crippen molar-refractivity contribution in [2.75, 3.05) is 19.6 Å². The number of carbonyl (C=O) groups is 2. The number of benzene rings is 1. The van der Waals surface area contributed by atoms with E-state index < -0.39 is 5.97 Å². The van der Waals surface area contributed by atoms with E-state index in [2.05, 4.69) is 10.3 Å². The van der Waals surface area contributed by atoms with Gasteiger partial charge in [0.15, 0.2) is 0 Å². The van der Waals surface area contributed by atoms with Crippen LogP contribution in [0.1, 0.15) is 36.5 Å². The van der Waals surface area contributed by atoms with Crippen molar-refractivity contribution in [1.29, 1.82) is 0 Å². The normalized spacial score (nSPS) is 18.0. The molecular weight excluding hydrogens is 332 g/mol. The topological polar surface area (TPSA) is 108 Å². The van der Waals surface area contributed by atoms with Gasteiger partial charge in [0.25, 0.3) is 0 Å². The van der Waals surface area contributed by atoms with Crippen LogP contribution in [-0.2, 0) is 4.79 Å². The molecule has 1 aliphatic carbocycles. The highest BCUT2D eigenvalue weighted by molar-refractivity contribution is 6.00. The third kappa shape index (κ3) is 4.41.